The molecule has 3 heteroatoms. The maximum absolute atomic E-state index is 11.0. The van der Waals surface area contributed by atoms with E-state index in [9.17, 15) is 4.79 Å². The summed E-state index contributed by atoms with van der Waals surface area (Å²) in [4.78, 5) is 13.9. The fourth-order valence-electron chi connectivity index (χ4n) is 0.969. The molecule has 0 aliphatic rings. The third kappa shape index (κ3) is 0.572. The lowest BCUT2D eigenvalue weighted by molar-refractivity contribution is 1.07. The molecule has 0 aliphatic heterocycles. The molecule has 2 heterocycles. The van der Waals surface area contributed by atoms with E-state index in [1.165, 1.54) is 6.07 Å². The largest absolute Gasteiger partial charge is 0.348 e. The molecule has 1 N–H and O–H groups in total. The Kier molecular flexibility index (Phi) is 0.917. The minimum absolute atomic E-state index is 0.00116. The molecule has 0 fully saturated rings. The summed E-state index contributed by atoms with van der Waals surface area (Å²) in [5.74, 6) is 0. The highest BCUT2D eigenvalue weighted by molar-refractivity contribution is 5.37. The Hall–Kier alpha value is -1.51. The Morgan fingerprint density at radius 2 is 2.30 bits per heavy atom. The molecule has 2 rings (SSSR count). The van der Waals surface area contributed by atoms with Crippen LogP contribution >= 0.6 is 0 Å². The van der Waals surface area contributed by atoms with Crippen LogP contribution in [0.15, 0.2) is 35.4 Å². The van der Waals surface area contributed by atoms with E-state index >= 15 is 0 Å². The van der Waals surface area contributed by atoms with Crippen molar-refractivity contribution in [1.29, 1.82) is 0 Å². The van der Waals surface area contributed by atoms with Crippen molar-refractivity contribution in [3.8, 4) is 0 Å². The maximum atomic E-state index is 11.0. The first-order valence-electron chi connectivity index (χ1n) is 3.03. The van der Waals surface area contributed by atoms with Gasteiger partial charge in [-0.2, -0.15) is 0 Å². The van der Waals surface area contributed by atoms with Gasteiger partial charge in [0.2, 0.25) is 0 Å². The molecule has 10 heavy (non-hydrogen) atoms. The molecule has 0 saturated carbocycles. The van der Waals surface area contributed by atoms with Gasteiger partial charge in [0.1, 0.15) is 5.65 Å². The SMILES string of the molecule is O=c1cc[nH]c2cccn12. The van der Waals surface area contributed by atoms with E-state index in [0.717, 1.165) is 5.65 Å². The first kappa shape index (κ1) is 5.29. The van der Waals surface area contributed by atoms with Gasteiger partial charge in [-0.05, 0) is 12.1 Å². The molecule has 2 aromatic heterocycles. The lowest BCUT2D eigenvalue weighted by Gasteiger charge is -1.89. The number of fused-ring (bicyclic) bond motifs is 1. The van der Waals surface area contributed by atoms with Crippen molar-refractivity contribution in [2.24, 2.45) is 0 Å². The first-order valence-corrected chi connectivity index (χ1v) is 3.03. The van der Waals surface area contributed by atoms with Crippen molar-refractivity contribution in [1.82, 2.24) is 9.38 Å². The summed E-state index contributed by atoms with van der Waals surface area (Å²) >= 11 is 0. The van der Waals surface area contributed by atoms with Crippen molar-refractivity contribution in [2.75, 3.05) is 0 Å². The minimum Gasteiger partial charge on any atom is -0.348 e. The Labute approximate surface area is 56.9 Å². The zero-order valence-electron chi connectivity index (χ0n) is 5.24. The standard InChI is InChI=1S/C7H6N2O/c10-7-3-4-8-6-2-1-5-9(6)7/h1-5,8H. The summed E-state index contributed by atoms with van der Waals surface area (Å²) in [5, 5.41) is 0. The molecule has 0 radical (unpaired) electrons. The minimum atomic E-state index is -0.00116. The smallest absolute Gasteiger partial charge is 0.257 e. The molecule has 2 aromatic rings. The fourth-order valence-corrected chi connectivity index (χ4v) is 0.969. The number of H-pyrrole nitrogens is 1. The maximum Gasteiger partial charge on any atom is 0.257 e. The molecule has 0 aromatic carbocycles. The van der Waals surface area contributed by atoms with E-state index in [2.05, 4.69) is 4.98 Å². The summed E-state index contributed by atoms with van der Waals surface area (Å²) in [5.41, 5.74) is 0.825. The predicted octanol–water partition coefficient (Wildman–Crippen LogP) is 0.628. The fraction of sp³-hybridized carbons (Fsp3) is 0. The summed E-state index contributed by atoms with van der Waals surface area (Å²) in [6, 6.07) is 5.17. The lowest BCUT2D eigenvalue weighted by Crippen LogP contribution is -2.09. The molecule has 0 atom stereocenters. The number of aromatic nitrogens is 2. The second-order valence-corrected chi connectivity index (χ2v) is 2.08. The van der Waals surface area contributed by atoms with Crippen molar-refractivity contribution >= 4 is 5.65 Å². The Bertz CT molecular complexity index is 399. The van der Waals surface area contributed by atoms with Gasteiger partial charge < -0.3 is 4.98 Å². The molecule has 0 unspecified atom stereocenters. The summed E-state index contributed by atoms with van der Waals surface area (Å²) in [7, 11) is 0. The van der Waals surface area contributed by atoms with Crippen molar-refractivity contribution in [2.45, 2.75) is 0 Å². The third-order valence-corrected chi connectivity index (χ3v) is 1.44. The van der Waals surface area contributed by atoms with E-state index in [4.69, 9.17) is 0 Å². The quantitative estimate of drug-likeness (QED) is 0.563. The molecule has 0 bridgehead atoms. The van der Waals surface area contributed by atoms with Gasteiger partial charge in [0.25, 0.3) is 5.56 Å². The van der Waals surface area contributed by atoms with Crippen LogP contribution in [0.25, 0.3) is 5.65 Å². The molecule has 0 aliphatic carbocycles. The normalized spacial score (nSPS) is 10.4. The van der Waals surface area contributed by atoms with Gasteiger partial charge in [-0.3, -0.25) is 9.20 Å². The second-order valence-electron chi connectivity index (χ2n) is 2.08. The summed E-state index contributed by atoms with van der Waals surface area (Å²) in [6.45, 7) is 0. The molecule has 3 nitrogen and oxygen atoms in total. The highest BCUT2D eigenvalue weighted by Gasteiger charge is 1.90. The lowest BCUT2D eigenvalue weighted by atomic mass is 10.6. The van der Waals surface area contributed by atoms with Crippen LogP contribution < -0.4 is 5.56 Å². The van der Waals surface area contributed by atoms with E-state index < -0.39 is 0 Å². The zero-order chi connectivity index (χ0) is 6.97. The number of nitrogens with zero attached hydrogens (tertiary/aromatic N) is 1. The van der Waals surface area contributed by atoms with E-state index in [0.29, 0.717) is 0 Å². The monoisotopic (exact) mass is 134 g/mol. The second kappa shape index (κ2) is 1.73. The molecular formula is C7H6N2O. The molecule has 0 saturated heterocycles. The third-order valence-electron chi connectivity index (χ3n) is 1.44. The average molecular weight is 134 g/mol. The molecule has 0 amide bonds. The van der Waals surface area contributed by atoms with Crippen LogP contribution in [-0.2, 0) is 0 Å². The van der Waals surface area contributed by atoms with E-state index in [1.807, 2.05) is 12.1 Å². The highest BCUT2D eigenvalue weighted by atomic mass is 16.1. The highest BCUT2D eigenvalue weighted by Crippen LogP contribution is 1.93. The zero-order valence-corrected chi connectivity index (χ0v) is 5.24. The van der Waals surface area contributed by atoms with Crippen LogP contribution in [0.3, 0.4) is 0 Å². The van der Waals surface area contributed by atoms with Crippen LogP contribution in [0.1, 0.15) is 0 Å². The van der Waals surface area contributed by atoms with Gasteiger partial charge in [-0.25, -0.2) is 0 Å². The Morgan fingerprint density at radius 1 is 1.40 bits per heavy atom. The first-order chi connectivity index (χ1) is 4.88. The van der Waals surface area contributed by atoms with Crippen molar-refractivity contribution in [3.63, 3.8) is 0 Å². The van der Waals surface area contributed by atoms with Crippen molar-refractivity contribution in [3.05, 3.63) is 40.9 Å². The summed E-state index contributed by atoms with van der Waals surface area (Å²) < 4.78 is 1.56. The molecular weight excluding hydrogens is 128 g/mol. The van der Waals surface area contributed by atoms with Gasteiger partial charge in [0.05, 0.1) is 0 Å². The van der Waals surface area contributed by atoms with Gasteiger partial charge in [-0.1, -0.05) is 0 Å². The molecule has 0 spiro atoms. The van der Waals surface area contributed by atoms with Crippen LogP contribution in [0, 0.1) is 0 Å². The van der Waals surface area contributed by atoms with Gasteiger partial charge in [-0.15, -0.1) is 0 Å². The number of rotatable bonds is 0. The van der Waals surface area contributed by atoms with Gasteiger partial charge >= 0.3 is 0 Å². The van der Waals surface area contributed by atoms with Crippen LogP contribution in [0.5, 0.6) is 0 Å². The topological polar surface area (TPSA) is 37.3 Å². The van der Waals surface area contributed by atoms with Crippen LogP contribution in [0.2, 0.25) is 0 Å². The van der Waals surface area contributed by atoms with E-state index in [1.54, 1.807) is 16.8 Å². The number of aromatic amines is 1. The Morgan fingerprint density at radius 3 is 3.10 bits per heavy atom. The van der Waals surface area contributed by atoms with E-state index in [-0.39, 0.29) is 5.56 Å². The molecule has 50 valence electrons. The summed E-state index contributed by atoms with van der Waals surface area (Å²) in [6.07, 6.45) is 3.37. The van der Waals surface area contributed by atoms with Gasteiger partial charge in [0.15, 0.2) is 0 Å². The van der Waals surface area contributed by atoms with Crippen molar-refractivity contribution < 1.29 is 0 Å². The number of nitrogens with one attached hydrogen (secondary N) is 1. The number of hydrogen-bond donors (Lipinski definition) is 1. The van der Waals surface area contributed by atoms with Gasteiger partial charge in [0, 0.05) is 18.5 Å². The van der Waals surface area contributed by atoms with Crippen LogP contribution in [-0.4, -0.2) is 9.38 Å². The predicted molar refractivity (Wildman–Crippen MR) is 38.0 cm³/mol. The Balaban J connectivity index is 3.09. The number of hydrogen-bond acceptors (Lipinski definition) is 1. The van der Waals surface area contributed by atoms with Crippen LogP contribution in [0.4, 0.5) is 0 Å². The average Bonchev–Trinajstić information content (AvgIpc) is 2.36.